The molecule has 9 nitrogen and oxygen atoms in total. The highest BCUT2D eigenvalue weighted by molar-refractivity contribution is 8.00. The second kappa shape index (κ2) is 11.7. The topological polar surface area (TPSA) is 121 Å². The van der Waals surface area contributed by atoms with E-state index in [2.05, 4.69) is 32.1 Å². The number of amides is 2. The molecule has 0 radical (unpaired) electrons. The zero-order valence-electron chi connectivity index (χ0n) is 20.7. The molecule has 4 aromatic rings. The summed E-state index contributed by atoms with van der Waals surface area (Å²) in [6.07, 6.45) is 3.65. The van der Waals surface area contributed by atoms with Crippen molar-refractivity contribution in [3.63, 3.8) is 0 Å². The van der Waals surface area contributed by atoms with Crippen LogP contribution in [0.25, 0.3) is 0 Å². The van der Waals surface area contributed by atoms with Crippen LogP contribution in [-0.2, 0) is 21.2 Å². The van der Waals surface area contributed by atoms with E-state index in [-0.39, 0.29) is 28.0 Å². The first-order valence-corrected chi connectivity index (χ1v) is 14.7. The normalized spacial score (nSPS) is 15.2. The molecule has 11 heteroatoms. The zero-order chi connectivity index (χ0) is 27.2. The predicted molar refractivity (Wildman–Crippen MR) is 151 cm³/mol. The zero-order valence-corrected chi connectivity index (χ0v) is 22.4. The molecule has 3 aromatic carbocycles. The minimum absolute atomic E-state index is 0.0118. The summed E-state index contributed by atoms with van der Waals surface area (Å²) >= 11 is 1.58. The Labute approximate surface area is 230 Å². The summed E-state index contributed by atoms with van der Waals surface area (Å²) in [6, 6.07) is 24.6. The van der Waals surface area contributed by atoms with Crippen molar-refractivity contribution in [2.24, 2.45) is 0 Å². The second-order valence-corrected chi connectivity index (χ2v) is 11.5. The first-order chi connectivity index (χ1) is 18.9. The summed E-state index contributed by atoms with van der Waals surface area (Å²) in [5, 5.41) is 2.69. The molecule has 0 saturated carbocycles. The van der Waals surface area contributed by atoms with E-state index in [4.69, 9.17) is 0 Å². The molecule has 5 rings (SSSR count). The summed E-state index contributed by atoms with van der Waals surface area (Å²) in [4.78, 5) is 35.0. The van der Waals surface area contributed by atoms with Crippen LogP contribution < -0.4 is 10.0 Å². The van der Waals surface area contributed by atoms with Gasteiger partial charge >= 0.3 is 0 Å². The number of thioether (sulfide) groups is 1. The summed E-state index contributed by atoms with van der Waals surface area (Å²) < 4.78 is 27.4. The third-order valence-corrected chi connectivity index (χ3v) is 8.72. The maximum atomic E-state index is 12.8. The molecule has 0 bridgehead atoms. The molecule has 0 aliphatic carbocycles. The van der Waals surface area contributed by atoms with Gasteiger partial charge in [-0.15, -0.1) is 11.8 Å². The Hall–Kier alpha value is -4.22. The van der Waals surface area contributed by atoms with E-state index in [1.807, 2.05) is 35.2 Å². The van der Waals surface area contributed by atoms with Crippen molar-refractivity contribution in [2.45, 2.75) is 16.7 Å². The van der Waals surface area contributed by atoms with Gasteiger partial charge in [-0.25, -0.2) is 23.1 Å². The summed E-state index contributed by atoms with van der Waals surface area (Å²) in [5.74, 6) is 0.183. The standard InChI is InChI=1S/C28H25N5O4S2/c34-25-19-38-27(33(25)18-15-20-5-2-1-3-6-20)22-9-7-21(8-10-22)26(35)31-23-11-13-24(14-12-23)39(36,37)32-28-29-16-4-17-30-28/h1-14,16-17,27H,15,18-19H2,(H,31,35)(H,29,30,32). The van der Waals surface area contributed by atoms with Gasteiger partial charge in [0.2, 0.25) is 11.9 Å². The maximum absolute atomic E-state index is 12.8. The number of nitrogens with zero attached hydrogens (tertiary/aromatic N) is 3. The van der Waals surface area contributed by atoms with Gasteiger partial charge in [0.25, 0.3) is 15.9 Å². The summed E-state index contributed by atoms with van der Waals surface area (Å²) in [6.45, 7) is 0.627. The first-order valence-electron chi connectivity index (χ1n) is 12.2. The first kappa shape index (κ1) is 26.4. The van der Waals surface area contributed by atoms with Crippen molar-refractivity contribution in [2.75, 3.05) is 22.3 Å². The molecule has 1 aliphatic rings. The molecule has 39 heavy (non-hydrogen) atoms. The molecule has 1 saturated heterocycles. The van der Waals surface area contributed by atoms with Crippen LogP contribution in [0.2, 0.25) is 0 Å². The third kappa shape index (κ3) is 6.44. The number of carbonyl (C=O) groups excluding carboxylic acids is 2. The van der Waals surface area contributed by atoms with Gasteiger partial charge in [0.05, 0.1) is 10.6 Å². The minimum atomic E-state index is -3.87. The van der Waals surface area contributed by atoms with Crippen LogP contribution >= 0.6 is 11.8 Å². The van der Waals surface area contributed by atoms with Crippen molar-refractivity contribution in [1.29, 1.82) is 0 Å². The number of carbonyl (C=O) groups is 2. The minimum Gasteiger partial charge on any atom is -0.326 e. The predicted octanol–water partition coefficient (Wildman–Crippen LogP) is 4.35. The van der Waals surface area contributed by atoms with E-state index in [9.17, 15) is 18.0 Å². The Balaban J connectivity index is 1.21. The van der Waals surface area contributed by atoms with Gasteiger partial charge in [-0.05, 0) is 60.0 Å². The number of nitrogens with one attached hydrogen (secondary N) is 2. The number of aromatic nitrogens is 2. The lowest BCUT2D eigenvalue weighted by Crippen LogP contribution is -2.30. The average Bonchev–Trinajstić information content (AvgIpc) is 3.33. The van der Waals surface area contributed by atoms with Gasteiger partial charge in [-0.1, -0.05) is 42.5 Å². The van der Waals surface area contributed by atoms with Crippen molar-refractivity contribution in [3.05, 3.63) is 114 Å². The molecule has 1 aromatic heterocycles. The highest BCUT2D eigenvalue weighted by atomic mass is 32.2. The summed E-state index contributed by atoms with van der Waals surface area (Å²) in [5.41, 5.74) is 3.03. The van der Waals surface area contributed by atoms with Gasteiger partial charge in [-0.2, -0.15) is 0 Å². The fraction of sp³-hybridized carbons (Fsp3) is 0.143. The van der Waals surface area contributed by atoms with E-state index in [0.717, 1.165) is 12.0 Å². The molecular weight excluding hydrogens is 534 g/mol. The molecule has 2 amide bonds. The van der Waals surface area contributed by atoms with Gasteiger partial charge in [0.15, 0.2) is 0 Å². The van der Waals surface area contributed by atoms with Crippen LogP contribution in [0.15, 0.2) is 102 Å². The SMILES string of the molecule is O=C(Nc1ccc(S(=O)(=O)Nc2ncccn2)cc1)c1ccc(C2SCC(=O)N2CCc2ccccc2)cc1. The lowest BCUT2D eigenvalue weighted by atomic mass is 10.1. The number of hydrogen-bond acceptors (Lipinski definition) is 7. The Bertz CT molecular complexity index is 1550. The van der Waals surface area contributed by atoms with Crippen LogP contribution in [0.5, 0.6) is 0 Å². The molecule has 1 atom stereocenters. The Morgan fingerprint density at radius 3 is 2.31 bits per heavy atom. The van der Waals surface area contributed by atoms with E-state index >= 15 is 0 Å². The Morgan fingerprint density at radius 1 is 0.923 bits per heavy atom. The van der Waals surface area contributed by atoms with Crippen LogP contribution in [0.3, 0.4) is 0 Å². The molecule has 1 aliphatic heterocycles. The highest BCUT2D eigenvalue weighted by Crippen LogP contribution is 2.38. The lowest BCUT2D eigenvalue weighted by molar-refractivity contribution is -0.128. The molecule has 198 valence electrons. The number of benzene rings is 3. The maximum Gasteiger partial charge on any atom is 0.264 e. The van der Waals surface area contributed by atoms with Crippen LogP contribution in [0.4, 0.5) is 11.6 Å². The van der Waals surface area contributed by atoms with Crippen molar-refractivity contribution in [3.8, 4) is 0 Å². The Morgan fingerprint density at radius 2 is 1.62 bits per heavy atom. The van der Waals surface area contributed by atoms with E-state index in [1.165, 1.54) is 42.2 Å². The second-order valence-electron chi connectivity index (χ2n) is 8.76. The quantitative estimate of drug-likeness (QED) is 0.313. The fourth-order valence-corrected chi connectivity index (χ4v) is 6.29. The van der Waals surface area contributed by atoms with E-state index in [1.54, 1.807) is 30.0 Å². The van der Waals surface area contributed by atoms with Crippen LogP contribution in [0.1, 0.15) is 26.9 Å². The van der Waals surface area contributed by atoms with E-state index < -0.39 is 10.0 Å². The average molecular weight is 560 g/mol. The van der Waals surface area contributed by atoms with Crippen LogP contribution in [0, 0.1) is 0 Å². The smallest absolute Gasteiger partial charge is 0.264 e. The molecular formula is C28H25N5O4S2. The Kier molecular flexibility index (Phi) is 7.89. The molecule has 2 heterocycles. The summed E-state index contributed by atoms with van der Waals surface area (Å²) in [7, 11) is -3.87. The van der Waals surface area contributed by atoms with Gasteiger partial charge in [0, 0.05) is 30.2 Å². The fourth-order valence-electron chi connectivity index (χ4n) is 4.12. The number of anilines is 2. The van der Waals surface area contributed by atoms with Gasteiger partial charge < -0.3 is 10.2 Å². The van der Waals surface area contributed by atoms with Crippen LogP contribution in [-0.4, -0.2) is 47.4 Å². The number of hydrogen-bond donors (Lipinski definition) is 2. The van der Waals surface area contributed by atoms with E-state index in [0.29, 0.717) is 23.5 Å². The van der Waals surface area contributed by atoms with Crippen molar-refractivity contribution in [1.82, 2.24) is 14.9 Å². The number of rotatable bonds is 9. The molecule has 0 spiro atoms. The third-order valence-electron chi connectivity index (χ3n) is 6.12. The molecule has 2 N–H and O–H groups in total. The monoisotopic (exact) mass is 559 g/mol. The highest BCUT2D eigenvalue weighted by Gasteiger charge is 2.32. The van der Waals surface area contributed by atoms with Gasteiger partial charge in [0.1, 0.15) is 5.37 Å². The number of sulfonamides is 1. The molecule has 1 unspecified atom stereocenters. The van der Waals surface area contributed by atoms with Crippen molar-refractivity contribution < 1.29 is 18.0 Å². The van der Waals surface area contributed by atoms with Crippen molar-refractivity contribution >= 4 is 45.2 Å². The molecule has 1 fully saturated rings. The van der Waals surface area contributed by atoms with Gasteiger partial charge in [-0.3, -0.25) is 9.59 Å². The lowest BCUT2D eigenvalue weighted by Gasteiger charge is -2.24. The largest absolute Gasteiger partial charge is 0.326 e.